The zero-order chi connectivity index (χ0) is 17.1. The Morgan fingerprint density at radius 3 is 2.61 bits per heavy atom. The van der Waals surface area contributed by atoms with Gasteiger partial charge in [0.15, 0.2) is 5.11 Å². The number of nitrogens with zero attached hydrogens (tertiary/aromatic N) is 1. The molecule has 0 aliphatic carbocycles. The molecular weight excluding hydrogens is 336 g/mol. The second-order valence-electron chi connectivity index (χ2n) is 5.00. The van der Waals surface area contributed by atoms with E-state index in [2.05, 4.69) is 5.32 Å². The maximum Gasteiger partial charge on any atom is 0.338 e. The number of rotatable bonds is 3. The van der Waals surface area contributed by atoms with Crippen LogP contribution in [0.15, 0.2) is 35.5 Å². The van der Waals surface area contributed by atoms with Crippen molar-refractivity contribution in [3.8, 4) is 0 Å². The number of carbonyl (C=O) groups is 2. The van der Waals surface area contributed by atoms with E-state index in [1.807, 2.05) is 0 Å². The molecule has 1 aliphatic rings. The summed E-state index contributed by atoms with van der Waals surface area (Å²) in [6.45, 7) is 5.07. The second-order valence-corrected chi connectivity index (χ2v) is 5.80. The summed E-state index contributed by atoms with van der Waals surface area (Å²) < 4.78 is 5.15. The smallest absolute Gasteiger partial charge is 0.338 e. The molecule has 0 saturated heterocycles. The van der Waals surface area contributed by atoms with Crippen LogP contribution in [0.2, 0.25) is 5.02 Å². The van der Waals surface area contributed by atoms with Gasteiger partial charge in [0, 0.05) is 17.6 Å². The Morgan fingerprint density at radius 2 is 2.04 bits per heavy atom. The Hall–Kier alpha value is -1.92. The molecule has 1 heterocycles. The number of hydrogen-bond donors (Lipinski definition) is 1. The molecule has 1 N–H and O–H groups in total. The largest absolute Gasteiger partial charge is 0.463 e. The lowest BCUT2D eigenvalue weighted by molar-refractivity contribution is -0.139. The summed E-state index contributed by atoms with van der Waals surface area (Å²) in [5.41, 5.74) is 1.50. The third-order valence-electron chi connectivity index (χ3n) is 3.48. The van der Waals surface area contributed by atoms with Crippen molar-refractivity contribution >= 4 is 40.8 Å². The van der Waals surface area contributed by atoms with Crippen LogP contribution in [0.1, 0.15) is 32.4 Å². The van der Waals surface area contributed by atoms with Crippen LogP contribution in [0, 0.1) is 0 Å². The molecule has 7 heteroatoms. The Labute approximate surface area is 145 Å². The van der Waals surface area contributed by atoms with Crippen LogP contribution >= 0.6 is 23.8 Å². The summed E-state index contributed by atoms with van der Waals surface area (Å²) >= 11 is 11.6. The van der Waals surface area contributed by atoms with Crippen LogP contribution in [0.25, 0.3) is 0 Å². The van der Waals surface area contributed by atoms with Crippen LogP contribution in [0.3, 0.4) is 0 Å². The van der Waals surface area contributed by atoms with Crippen molar-refractivity contribution in [1.29, 1.82) is 0 Å². The summed E-state index contributed by atoms with van der Waals surface area (Å²) in [4.78, 5) is 25.9. The van der Waals surface area contributed by atoms with Crippen LogP contribution in [0.5, 0.6) is 0 Å². The van der Waals surface area contributed by atoms with Gasteiger partial charge >= 0.3 is 5.97 Å². The number of amides is 1. The predicted molar refractivity (Wildman–Crippen MR) is 91.8 cm³/mol. The van der Waals surface area contributed by atoms with Gasteiger partial charge in [-0.2, -0.15) is 0 Å². The van der Waals surface area contributed by atoms with E-state index in [9.17, 15) is 9.59 Å². The van der Waals surface area contributed by atoms with Crippen LogP contribution in [0.4, 0.5) is 0 Å². The molecule has 0 unspecified atom stereocenters. The van der Waals surface area contributed by atoms with Crippen molar-refractivity contribution in [2.75, 3.05) is 6.61 Å². The maximum atomic E-state index is 12.4. The first-order valence-corrected chi connectivity index (χ1v) is 7.90. The highest BCUT2D eigenvalue weighted by Gasteiger charge is 2.39. The number of esters is 1. The molecule has 1 amide bonds. The third kappa shape index (κ3) is 3.38. The maximum absolute atomic E-state index is 12.4. The molecule has 0 aromatic heterocycles. The van der Waals surface area contributed by atoms with E-state index in [0.29, 0.717) is 21.9 Å². The van der Waals surface area contributed by atoms with Gasteiger partial charge in [0.2, 0.25) is 5.91 Å². The molecule has 2 rings (SSSR count). The fraction of sp³-hybridized carbons (Fsp3) is 0.312. The topological polar surface area (TPSA) is 58.6 Å². The Morgan fingerprint density at radius 1 is 1.39 bits per heavy atom. The molecule has 5 nitrogen and oxygen atoms in total. The highest BCUT2D eigenvalue weighted by molar-refractivity contribution is 7.80. The van der Waals surface area contributed by atoms with Gasteiger partial charge in [-0.15, -0.1) is 0 Å². The zero-order valence-electron chi connectivity index (χ0n) is 13.1. The monoisotopic (exact) mass is 352 g/mol. The SMILES string of the molecule is CCOC(=O)C1=C(C)NC(=S)N(C(C)=O)[C@@H]1c1ccccc1Cl. The normalized spacial score (nSPS) is 17.8. The number of ether oxygens (including phenoxy) is 1. The number of carbonyl (C=O) groups excluding carboxylic acids is 2. The lowest BCUT2D eigenvalue weighted by Gasteiger charge is -2.38. The van der Waals surface area contributed by atoms with Crippen LogP contribution in [-0.2, 0) is 14.3 Å². The summed E-state index contributed by atoms with van der Waals surface area (Å²) in [6.07, 6.45) is 0. The van der Waals surface area contributed by atoms with E-state index in [1.54, 1.807) is 38.1 Å². The summed E-state index contributed by atoms with van der Waals surface area (Å²) in [7, 11) is 0. The molecule has 0 bridgehead atoms. The minimum Gasteiger partial charge on any atom is -0.463 e. The molecule has 0 radical (unpaired) electrons. The van der Waals surface area contributed by atoms with Crippen molar-refractivity contribution in [2.45, 2.75) is 26.8 Å². The molecule has 0 saturated carbocycles. The van der Waals surface area contributed by atoms with Crippen LogP contribution < -0.4 is 5.32 Å². The van der Waals surface area contributed by atoms with Gasteiger partial charge < -0.3 is 10.1 Å². The third-order valence-corrected chi connectivity index (χ3v) is 4.13. The van der Waals surface area contributed by atoms with E-state index in [1.165, 1.54) is 11.8 Å². The number of nitrogens with one attached hydrogen (secondary N) is 1. The highest BCUT2D eigenvalue weighted by atomic mass is 35.5. The zero-order valence-corrected chi connectivity index (χ0v) is 14.6. The van der Waals surface area contributed by atoms with E-state index < -0.39 is 12.0 Å². The number of halogens is 1. The molecule has 1 aliphatic heterocycles. The predicted octanol–water partition coefficient (Wildman–Crippen LogP) is 2.95. The van der Waals surface area contributed by atoms with Gasteiger partial charge in [-0.1, -0.05) is 29.8 Å². The number of hydrogen-bond acceptors (Lipinski definition) is 4. The first-order chi connectivity index (χ1) is 10.9. The molecule has 122 valence electrons. The van der Waals surface area contributed by atoms with Crippen molar-refractivity contribution < 1.29 is 14.3 Å². The van der Waals surface area contributed by atoms with Crippen LogP contribution in [-0.4, -0.2) is 28.5 Å². The Kier molecular flexibility index (Phi) is 5.38. The molecule has 1 atom stereocenters. The Balaban J connectivity index is 2.67. The van der Waals surface area contributed by atoms with E-state index in [0.717, 1.165) is 0 Å². The Bertz CT molecular complexity index is 702. The summed E-state index contributed by atoms with van der Waals surface area (Å²) in [5, 5.41) is 3.57. The van der Waals surface area contributed by atoms with Crippen molar-refractivity contribution in [1.82, 2.24) is 10.2 Å². The average molecular weight is 353 g/mol. The molecule has 0 spiro atoms. The van der Waals surface area contributed by atoms with Gasteiger partial charge in [-0.25, -0.2) is 4.79 Å². The fourth-order valence-corrected chi connectivity index (χ4v) is 3.16. The number of thiocarbonyl (C=S) groups is 1. The quantitative estimate of drug-likeness (QED) is 0.669. The lowest BCUT2D eigenvalue weighted by Crippen LogP contribution is -2.50. The molecular formula is C16H17ClN2O3S. The van der Waals surface area contributed by atoms with Gasteiger partial charge in [0.1, 0.15) is 0 Å². The van der Waals surface area contributed by atoms with Crippen molar-refractivity contribution in [3.05, 3.63) is 46.1 Å². The molecule has 1 aromatic rings. The van der Waals surface area contributed by atoms with Gasteiger partial charge in [-0.3, -0.25) is 9.69 Å². The molecule has 23 heavy (non-hydrogen) atoms. The molecule has 0 fully saturated rings. The van der Waals surface area contributed by atoms with Gasteiger partial charge in [-0.05, 0) is 37.7 Å². The summed E-state index contributed by atoms with van der Waals surface area (Å²) in [6, 6.07) is 6.34. The van der Waals surface area contributed by atoms with E-state index in [4.69, 9.17) is 28.6 Å². The first kappa shape index (κ1) is 17.4. The van der Waals surface area contributed by atoms with E-state index >= 15 is 0 Å². The number of allylic oxidation sites excluding steroid dienone is 1. The number of benzene rings is 1. The molecule has 1 aromatic carbocycles. The van der Waals surface area contributed by atoms with Gasteiger partial charge in [0.25, 0.3) is 0 Å². The first-order valence-electron chi connectivity index (χ1n) is 7.11. The fourth-order valence-electron chi connectivity index (χ4n) is 2.53. The van der Waals surface area contributed by atoms with Gasteiger partial charge in [0.05, 0.1) is 18.2 Å². The summed E-state index contributed by atoms with van der Waals surface area (Å²) in [5.74, 6) is -0.794. The minimum absolute atomic E-state index is 0.230. The standard InChI is InChI=1S/C16H17ClN2O3S/c1-4-22-15(21)13-9(2)18-16(23)19(10(3)20)14(13)11-7-5-6-8-12(11)17/h5-8,14H,4H2,1-3H3,(H,18,23)/t14-/m1/s1. The average Bonchev–Trinajstić information content (AvgIpc) is 2.46. The van der Waals surface area contributed by atoms with Crippen molar-refractivity contribution in [2.24, 2.45) is 0 Å². The minimum atomic E-state index is -0.714. The van der Waals surface area contributed by atoms with Crippen molar-refractivity contribution in [3.63, 3.8) is 0 Å². The van der Waals surface area contributed by atoms with E-state index in [-0.39, 0.29) is 17.6 Å². The second kappa shape index (κ2) is 7.10. The lowest BCUT2D eigenvalue weighted by atomic mass is 9.94. The highest BCUT2D eigenvalue weighted by Crippen LogP contribution is 2.37.